The van der Waals surface area contributed by atoms with Gasteiger partial charge in [-0.25, -0.2) is 14.5 Å². The standard InChI is InChI=1S/C22H15F3N6/c1-13-4-2-5-18(27-13)20-29-21(19-6-3-11-31(19)30-20)28-17-9-10-26-16-8-7-14(12-15(16)17)22(23,24)25/h2-12H,1H3,(H,26,28,29,30). The first-order valence-electron chi connectivity index (χ1n) is 9.41. The molecular weight excluding hydrogens is 405 g/mol. The van der Waals surface area contributed by atoms with Crippen LogP contribution in [0.2, 0.25) is 0 Å². The van der Waals surface area contributed by atoms with Crippen LogP contribution in [-0.4, -0.2) is 24.6 Å². The molecule has 0 aliphatic heterocycles. The normalized spacial score (nSPS) is 11.9. The summed E-state index contributed by atoms with van der Waals surface area (Å²) < 4.78 is 41.4. The summed E-state index contributed by atoms with van der Waals surface area (Å²) in [4.78, 5) is 13.3. The van der Waals surface area contributed by atoms with Crippen LogP contribution in [0, 0.1) is 6.92 Å². The van der Waals surface area contributed by atoms with Crippen LogP contribution in [0.25, 0.3) is 27.9 Å². The van der Waals surface area contributed by atoms with Gasteiger partial charge in [0.2, 0.25) is 5.82 Å². The summed E-state index contributed by atoms with van der Waals surface area (Å²) in [6.07, 6.45) is -1.14. The number of aromatic nitrogens is 5. The smallest absolute Gasteiger partial charge is 0.338 e. The predicted molar refractivity (Wildman–Crippen MR) is 111 cm³/mol. The summed E-state index contributed by atoms with van der Waals surface area (Å²) in [5.74, 6) is 0.840. The SMILES string of the molecule is Cc1cccc(-c2nc(Nc3ccnc4ccc(C(F)(F)F)cc34)c3cccn3n2)n1. The van der Waals surface area contributed by atoms with Crippen molar-refractivity contribution in [3.63, 3.8) is 0 Å². The maximum Gasteiger partial charge on any atom is 0.416 e. The van der Waals surface area contributed by atoms with Gasteiger partial charge >= 0.3 is 6.18 Å². The average molecular weight is 420 g/mol. The molecule has 31 heavy (non-hydrogen) atoms. The molecule has 6 nitrogen and oxygen atoms in total. The molecule has 0 unspecified atom stereocenters. The van der Waals surface area contributed by atoms with Crippen molar-refractivity contribution in [3.8, 4) is 11.5 Å². The quantitative estimate of drug-likeness (QED) is 0.423. The molecule has 0 amide bonds. The van der Waals surface area contributed by atoms with Gasteiger partial charge in [0.15, 0.2) is 5.82 Å². The largest absolute Gasteiger partial charge is 0.416 e. The number of hydrogen-bond acceptors (Lipinski definition) is 5. The van der Waals surface area contributed by atoms with Gasteiger partial charge < -0.3 is 5.32 Å². The van der Waals surface area contributed by atoms with E-state index in [9.17, 15) is 13.2 Å². The molecule has 0 radical (unpaired) electrons. The van der Waals surface area contributed by atoms with Crippen molar-refractivity contribution in [3.05, 3.63) is 78.2 Å². The van der Waals surface area contributed by atoms with E-state index in [4.69, 9.17) is 0 Å². The highest BCUT2D eigenvalue weighted by Gasteiger charge is 2.30. The van der Waals surface area contributed by atoms with Gasteiger partial charge in [0.1, 0.15) is 11.2 Å². The molecule has 5 aromatic rings. The third-order valence-corrected chi connectivity index (χ3v) is 4.83. The molecule has 0 aliphatic carbocycles. The molecule has 0 saturated heterocycles. The van der Waals surface area contributed by atoms with Crippen molar-refractivity contribution < 1.29 is 13.2 Å². The molecule has 9 heteroatoms. The lowest BCUT2D eigenvalue weighted by molar-refractivity contribution is -0.137. The summed E-state index contributed by atoms with van der Waals surface area (Å²) >= 11 is 0. The Labute approximate surface area is 174 Å². The number of aryl methyl sites for hydroxylation is 1. The zero-order valence-electron chi connectivity index (χ0n) is 16.2. The Morgan fingerprint density at radius 1 is 0.968 bits per heavy atom. The van der Waals surface area contributed by atoms with Gasteiger partial charge in [0.05, 0.1) is 16.8 Å². The van der Waals surface area contributed by atoms with E-state index < -0.39 is 11.7 Å². The lowest BCUT2D eigenvalue weighted by Gasteiger charge is -2.13. The van der Waals surface area contributed by atoms with E-state index in [2.05, 4.69) is 25.4 Å². The minimum atomic E-state index is -4.45. The Balaban J connectivity index is 1.65. The fraction of sp³-hybridized carbons (Fsp3) is 0.0909. The molecule has 4 aromatic heterocycles. The van der Waals surface area contributed by atoms with E-state index in [1.165, 1.54) is 12.3 Å². The lowest BCUT2D eigenvalue weighted by atomic mass is 10.1. The van der Waals surface area contributed by atoms with E-state index in [0.717, 1.165) is 17.8 Å². The van der Waals surface area contributed by atoms with E-state index in [-0.39, 0.29) is 0 Å². The number of anilines is 2. The van der Waals surface area contributed by atoms with Crippen LogP contribution in [0.15, 0.2) is 67.0 Å². The van der Waals surface area contributed by atoms with Gasteiger partial charge in [-0.2, -0.15) is 13.2 Å². The third kappa shape index (κ3) is 3.54. The Morgan fingerprint density at radius 2 is 1.84 bits per heavy atom. The number of nitrogens with one attached hydrogen (secondary N) is 1. The molecule has 4 heterocycles. The van der Waals surface area contributed by atoms with E-state index in [0.29, 0.717) is 39.4 Å². The van der Waals surface area contributed by atoms with Crippen LogP contribution < -0.4 is 5.32 Å². The van der Waals surface area contributed by atoms with Crippen LogP contribution in [0.1, 0.15) is 11.3 Å². The highest BCUT2D eigenvalue weighted by molar-refractivity contribution is 5.94. The molecule has 1 N–H and O–H groups in total. The van der Waals surface area contributed by atoms with Crippen LogP contribution in [0.4, 0.5) is 24.7 Å². The molecule has 0 saturated carbocycles. The van der Waals surface area contributed by atoms with E-state index in [1.807, 2.05) is 31.2 Å². The van der Waals surface area contributed by atoms with Gasteiger partial charge in [0.25, 0.3) is 0 Å². The highest BCUT2D eigenvalue weighted by Crippen LogP contribution is 2.34. The summed E-state index contributed by atoms with van der Waals surface area (Å²) in [5.41, 5.74) is 2.25. The molecule has 0 fully saturated rings. The molecule has 154 valence electrons. The topological polar surface area (TPSA) is 68.0 Å². The predicted octanol–water partition coefficient (Wildman–Crippen LogP) is 5.41. The first kappa shape index (κ1) is 19.0. The van der Waals surface area contributed by atoms with Gasteiger partial charge in [-0.15, -0.1) is 5.10 Å². The highest BCUT2D eigenvalue weighted by atomic mass is 19.4. The van der Waals surface area contributed by atoms with Crippen LogP contribution in [0.3, 0.4) is 0 Å². The molecule has 0 aliphatic rings. The van der Waals surface area contributed by atoms with Crippen molar-refractivity contribution in [2.24, 2.45) is 0 Å². The third-order valence-electron chi connectivity index (χ3n) is 4.83. The first-order chi connectivity index (χ1) is 14.9. The Kier molecular flexibility index (Phi) is 4.32. The zero-order valence-corrected chi connectivity index (χ0v) is 16.2. The Hall–Kier alpha value is -4.01. The lowest BCUT2D eigenvalue weighted by Crippen LogP contribution is -2.06. The number of rotatable bonds is 3. The van der Waals surface area contributed by atoms with Crippen molar-refractivity contribution >= 4 is 27.9 Å². The maximum atomic E-state index is 13.2. The first-order valence-corrected chi connectivity index (χ1v) is 9.41. The zero-order chi connectivity index (χ0) is 21.6. The van der Waals surface area contributed by atoms with E-state index in [1.54, 1.807) is 22.8 Å². The summed E-state index contributed by atoms with van der Waals surface area (Å²) in [7, 11) is 0. The van der Waals surface area contributed by atoms with Crippen molar-refractivity contribution in [2.75, 3.05) is 5.32 Å². The number of pyridine rings is 2. The van der Waals surface area contributed by atoms with Crippen molar-refractivity contribution in [1.82, 2.24) is 24.6 Å². The maximum absolute atomic E-state index is 13.2. The number of alkyl halides is 3. The molecule has 0 atom stereocenters. The van der Waals surface area contributed by atoms with Gasteiger partial charge in [-0.3, -0.25) is 4.98 Å². The number of hydrogen-bond donors (Lipinski definition) is 1. The minimum absolute atomic E-state index is 0.343. The monoisotopic (exact) mass is 420 g/mol. The number of benzene rings is 1. The average Bonchev–Trinajstić information content (AvgIpc) is 3.22. The summed E-state index contributed by atoms with van der Waals surface area (Å²) in [6, 6.07) is 14.3. The number of nitrogens with zero attached hydrogens (tertiary/aromatic N) is 5. The van der Waals surface area contributed by atoms with Gasteiger partial charge in [0, 0.05) is 23.5 Å². The molecule has 5 rings (SSSR count). The fourth-order valence-corrected chi connectivity index (χ4v) is 3.36. The number of halogens is 3. The van der Waals surface area contributed by atoms with Gasteiger partial charge in [-0.05, 0) is 55.5 Å². The van der Waals surface area contributed by atoms with Gasteiger partial charge in [-0.1, -0.05) is 6.07 Å². The summed E-state index contributed by atoms with van der Waals surface area (Å²) in [5, 5.41) is 8.02. The van der Waals surface area contributed by atoms with Crippen LogP contribution in [0.5, 0.6) is 0 Å². The van der Waals surface area contributed by atoms with Crippen molar-refractivity contribution in [2.45, 2.75) is 13.1 Å². The molecule has 1 aromatic carbocycles. The van der Waals surface area contributed by atoms with E-state index >= 15 is 0 Å². The second kappa shape index (κ2) is 7.05. The molecular formula is C22H15F3N6. The van der Waals surface area contributed by atoms with Crippen LogP contribution in [-0.2, 0) is 6.18 Å². The Morgan fingerprint density at radius 3 is 2.65 bits per heavy atom. The van der Waals surface area contributed by atoms with Crippen LogP contribution >= 0.6 is 0 Å². The Bertz CT molecular complexity index is 1420. The number of fused-ring (bicyclic) bond motifs is 2. The molecule has 0 spiro atoms. The second-order valence-corrected chi connectivity index (χ2v) is 7.00. The minimum Gasteiger partial charge on any atom is -0.338 e. The summed E-state index contributed by atoms with van der Waals surface area (Å²) in [6.45, 7) is 1.87. The molecule has 0 bridgehead atoms. The second-order valence-electron chi connectivity index (χ2n) is 7.00. The fourth-order valence-electron chi connectivity index (χ4n) is 3.36. The van der Waals surface area contributed by atoms with Crippen molar-refractivity contribution in [1.29, 1.82) is 0 Å².